The summed E-state index contributed by atoms with van der Waals surface area (Å²) in [6, 6.07) is 0. The average Bonchev–Trinajstić information content (AvgIpc) is 2.95. The zero-order chi connectivity index (χ0) is 13.0. The minimum Gasteiger partial charge on any atom is -0.354 e. The fourth-order valence-electron chi connectivity index (χ4n) is 2.39. The maximum absolute atomic E-state index is 12.0. The molecule has 18 heavy (non-hydrogen) atoms. The molecule has 100 valence electrons. The van der Waals surface area contributed by atoms with Crippen molar-refractivity contribution >= 4 is 5.91 Å². The number of amides is 1. The highest BCUT2D eigenvalue weighted by molar-refractivity contribution is 5.86. The van der Waals surface area contributed by atoms with E-state index in [0.29, 0.717) is 0 Å². The standard InChI is InChI=1S/C13H22N4O/c1-10-11(9-16-17-10)5-3-7-14-12(18)13(2)6-4-8-15-13/h9,15H,3-8H2,1-2H3,(H,14,18)(H,16,17). The number of nitrogens with zero attached hydrogens (tertiary/aromatic N) is 1. The summed E-state index contributed by atoms with van der Waals surface area (Å²) in [5.41, 5.74) is 1.99. The van der Waals surface area contributed by atoms with Gasteiger partial charge < -0.3 is 10.6 Å². The predicted molar refractivity (Wildman–Crippen MR) is 70.3 cm³/mol. The monoisotopic (exact) mass is 250 g/mol. The number of carbonyl (C=O) groups excluding carboxylic acids is 1. The van der Waals surface area contributed by atoms with Crippen molar-refractivity contribution in [2.24, 2.45) is 0 Å². The average molecular weight is 250 g/mol. The quantitative estimate of drug-likeness (QED) is 0.680. The molecule has 1 amide bonds. The Bertz CT molecular complexity index is 407. The van der Waals surface area contributed by atoms with Gasteiger partial charge in [-0.15, -0.1) is 0 Å². The summed E-state index contributed by atoms with van der Waals surface area (Å²) in [6.07, 6.45) is 5.77. The van der Waals surface area contributed by atoms with E-state index in [1.54, 1.807) is 0 Å². The molecule has 3 N–H and O–H groups in total. The van der Waals surface area contributed by atoms with E-state index in [0.717, 1.165) is 44.5 Å². The molecular formula is C13H22N4O. The number of aromatic amines is 1. The fraction of sp³-hybridized carbons (Fsp3) is 0.692. The molecule has 1 saturated heterocycles. The number of aromatic nitrogens is 2. The number of H-pyrrole nitrogens is 1. The summed E-state index contributed by atoms with van der Waals surface area (Å²) in [7, 11) is 0. The zero-order valence-electron chi connectivity index (χ0n) is 11.2. The van der Waals surface area contributed by atoms with Crippen molar-refractivity contribution < 1.29 is 4.79 Å². The lowest BCUT2D eigenvalue weighted by atomic mass is 9.99. The molecule has 2 heterocycles. The van der Waals surface area contributed by atoms with E-state index in [1.165, 1.54) is 5.56 Å². The molecule has 0 radical (unpaired) electrons. The second-order valence-electron chi connectivity index (χ2n) is 5.24. The first-order chi connectivity index (χ1) is 8.62. The lowest BCUT2D eigenvalue weighted by Gasteiger charge is -2.22. The molecule has 5 heteroatoms. The molecule has 0 spiro atoms. The van der Waals surface area contributed by atoms with Crippen LogP contribution in [0.5, 0.6) is 0 Å². The number of hydrogen-bond donors (Lipinski definition) is 3. The first-order valence-corrected chi connectivity index (χ1v) is 6.64. The number of hydrogen-bond acceptors (Lipinski definition) is 3. The Morgan fingerprint density at radius 1 is 1.61 bits per heavy atom. The van der Waals surface area contributed by atoms with Gasteiger partial charge in [0.1, 0.15) is 0 Å². The molecule has 2 rings (SSSR count). The maximum atomic E-state index is 12.0. The van der Waals surface area contributed by atoms with Gasteiger partial charge in [-0.3, -0.25) is 9.89 Å². The highest BCUT2D eigenvalue weighted by Gasteiger charge is 2.35. The molecule has 1 aliphatic heterocycles. The maximum Gasteiger partial charge on any atom is 0.240 e. The zero-order valence-corrected chi connectivity index (χ0v) is 11.2. The second-order valence-corrected chi connectivity index (χ2v) is 5.24. The Balaban J connectivity index is 1.69. The highest BCUT2D eigenvalue weighted by Crippen LogP contribution is 2.18. The molecule has 0 aliphatic carbocycles. The Morgan fingerprint density at radius 3 is 3.06 bits per heavy atom. The van der Waals surface area contributed by atoms with Crippen LogP contribution in [0, 0.1) is 6.92 Å². The summed E-state index contributed by atoms with van der Waals surface area (Å²) in [6.45, 7) is 5.67. The third kappa shape index (κ3) is 2.90. The van der Waals surface area contributed by atoms with Gasteiger partial charge in [-0.2, -0.15) is 5.10 Å². The van der Waals surface area contributed by atoms with Crippen molar-refractivity contribution in [1.29, 1.82) is 0 Å². The number of aryl methyl sites for hydroxylation is 2. The smallest absolute Gasteiger partial charge is 0.240 e. The molecule has 1 fully saturated rings. The summed E-state index contributed by atoms with van der Waals surface area (Å²) < 4.78 is 0. The van der Waals surface area contributed by atoms with Crippen LogP contribution in [0.15, 0.2) is 6.20 Å². The van der Waals surface area contributed by atoms with Gasteiger partial charge in [0.2, 0.25) is 5.91 Å². The third-order valence-corrected chi connectivity index (χ3v) is 3.71. The van der Waals surface area contributed by atoms with Crippen LogP contribution in [0.3, 0.4) is 0 Å². The van der Waals surface area contributed by atoms with Crippen molar-refractivity contribution in [3.8, 4) is 0 Å². The normalized spacial score (nSPS) is 23.2. The summed E-state index contributed by atoms with van der Waals surface area (Å²) >= 11 is 0. The van der Waals surface area contributed by atoms with Crippen molar-refractivity contribution in [3.05, 3.63) is 17.5 Å². The van der Waals surface area contributed by atoms with E-state index in [1.807, 2.05) is 20.0 Å². The fourth-order valence-corrected chi connectivity index (χ4v) is 2.39. The summed E-state index contributed by atoms with van der Waals surface area (Å²) in [4.78, 5) is 12.0. The molecule has 1 aromatic heterocycles. The van der Waals surface area contributed by atoms with Crippen LogP contribution in [0.2, 0.25) is 0 Å². The van der Waals surface area contributed by atoms with Gasteiger partial charge in [0.15, 0.2) is 0 Å². The van der Waals surface area contributed by atoms with Crippen LogP contribution < -0.4 is 10.6 Å². The van der Waals surface area contributed by atoms with Gasteiger partial charge in [-0.1, -0.05) is 0 Å². The number of carbonyl (C=O) groups is 1. The molecule has 0 saturated carbocycles. The summed E-state index contributed by atoms with van der Waals surface area (Å²) in [5.74, 6) is 0.129. The third-order valence-electron chi connectivity index (χ3n) is 3.71. The van der Waals surface area contributed by atoms with Crippen LogP contribution in [0.25, 0.3) is 0 Å². The van der Waals surface area contributed by atoms with Crippen LogP contribution in [-0.2, 0) is 11.2 Å². The van der Waals surface area contributed by atoms with E-state index in [2.05, 4.69) is 20.8 Å². The van der Waals surface area contributed by atoms with Crippen molar-refractivity contribution in [3.63, 3.8) is 0 Å². The minimum absolute atomic E-state index is 0.129. The van der Waals surface area contributed by atoms with Crippen LogP contribution >= 0.6 is 0 Å². The first kappa shape index (κ1) is 13.1. The van der Waals surface area contributed by atoms with E-state index in [4.69, 9.17) is 0 Å². The summed E-state index contributed by atoms with van der Waals surface area (Å²) in [5, 5.41) is 13.2. The van der Waals surface area contributed by atoms with E-state index in [9.17, 15) is 4.79 Å². The Morgan fingerprint density at radius 2 is 2.44 bits per heavy atom. The van der Waals surface area contributed by atoms with Gasteiger partial charge in [-0.25, -0.2) is 0 Å². The lowest BCUT2D eigenvalue weighted by molar-refractivity contribution is -0.126. The minimum atomic E-state index is -0.356. The van der Waals surface area contributed by atoms with Crippen LogP contribution in [0.1, 0.15) is 37.4 Å². The van der Waals surface area contributed by atoms with Gasteiger partial charge in [0, 0.05) is 12.2 Å². The van der Waals surface area contributed by atoms with E-state index < -0.39 is 0 Å². The van der Waals surface area contributed by atoms with Crippen molar-refractivity contribution in [2.45, 2.75) is 45.1 Å². The SMILES string of the molecule is Cc1[nH]ncc1CCCNC(=O)C1(C)CCCN1. The Hall–Kier alpha value is -1.36. The predicted octanol–water partition coefficient (Wildman–Crippen LogP) is 0.909. The molecule has 1 atom stereocenters. The molecule has 5 nitrogen and oxygen atoms in total. The van der Waals surface area contributed by atoms with Crippen LogP contribution in [-0.4, -0.2) is 34.7 Å². The highest BCUT2D eigenvalue weighted by atomic mass is 16.2. The second kappa shape index (κ2) is 5.52. The van der Waals surface area contributed by atoms with Crippen molar-refractivity contribution in [2.75, 3.05) is 13.1 Å². The molecule has 0 bridgehead atoms. The largest absolute Gasteiger partial charge is 0.354 e. The Kier molecular flexibility index (Phi) is 4.01. The number of nitrogens with one attached hydrogen (secondary N) is 3. The van der Waals surface area contributed by atoms with Gasteiger partial charge >= 0.3 is 0 Å². The first-order valence-electron chi connectivity index (χ1n) is 6.64. The molecular weight excluding hydrogens is 228 g/mol. The van der Waals surface area contributed by atoms with E-state index >= 15 is 0 Å². The molecule has 1 unspecified atom stereocenters. The van der Waals surface area contributed by atoms with Crippen LogP contribution in [0.4, 0.5) is 0 Å². The van der Waals surface area contributed by atoms with Gasteiger partial charge in [0.05, 0.1) is 11.7 Å². The van der Waals surface area contributed by atoms with Gasteiger partial charge in [-0.05, 0) is 51.6 Å². The number of rotatable bonds is 5. The van der Waals surface area contributed by atoms with Crippen molar-refractivity contribution in [1.82, 2.24) is 20.8 Å². The molecule has 0 aromatic carbocycles. The van der Waals surface area contributed by atoms with E-state index in [-0.39, 0.29) is 11.4 Å². The molecule has 1 aromatic rings. The Labute approximate surface area is 108 Å². The van der Waals surface area contributed by atoms with Gasteiger partial charge in [0.25, 0.3) is 0 Å². The lowest BCUT2D eigenvalue weighted by Crippen LogP contribution is -2.51. The molecule has 1 aliphatic rings. The topological polar surface area (TPSA) is 69.8 Å².